The summed E-state index contributed by atoms with van der Waals surface area (Å²) in [6.07, 6.45) is 2.02. The molecule has 0 radical (unpaired) electrons. The highest BCUT2D eigenvalue weighted by Crippen LogP contribution is 2.39. The molecule has 0 fully saturated rings. The third kappa shape index (κ3) is 3.91. The average Bonchev–Trinajstić information content (AvgIpc) is 3.09. The lowest BCUT2D eigenvalue weighted by atomic mass is 9.98. The molecular weight excluding hydrogens is 516 g/mol. The van der Waals surface area contributed by atoms with Gasteiger partial charge in [0.25, 0.3) is 5.91 Å². The van der Waals surface area contributed by atoms with Crippen LogP contribution in [0.5, 0.6) is 0 Å². The number of halogens is 2. The molecular formula is C26H18Br2N2O. The summed E-state index contributed by atoms with van der Waals surface area (Å²) in [5.74, 6) is -0.0593. The Morgan fingerprint density at radius 2 is 1.48 bits per heavy atom. The number of hydrogen-bond donors (Lipinski definition) is 1. The Balaban J connectivity index is 1.64. The van der Waals surface area contributed by atoms with Crippen LogP contribution in [0.15, 0.2) is 112 Å². The van der Waals surface area contributed by atoms with E-state index in [1.165, 1.54) is 0 Å². The second-order valence-corrected chi connectivity index (χ2v) is 9.22. The van der Waals surface area contributed by atoms with Crippen molar-refractivity contribution >= 4 is 59.9 Å². The predicted octanol–water partition coefficient (Wildman–Crippen LogP) is 7.45. The average molecular weight is 534 g/mol. The first-order valence-electron chi connectivity index (χ1n) is 9.91. The number of anilines is 2. The van der Waals surface area contributed by atoms with Crippen LogP contribution in [-0.2, 0) is 4.79 Å². The fourth-order valence-corrected chi connectivity index (χ4v) is 4.80. The zero-order valence-corrected chi connectivity index (χ0v) is 19.6. The molecule has 4 aromatic rings. The quantitative estimate of drug-likeness (QED) is 0.295. The Labute approximate surface area is 197 Å². The summed E-state index contributed by atoms with van der Waals surface area (Å²) in [6.45, 7) is 0. The molecule has 0 saturated carbocycles. The van der Waals surface area contributed by atoms with Crippen LogP contribution in [0, 0.1) is 0 Å². The van der Waals surface area contributed by atoms with Gasteiger partial charge in [0.2, 0.25) is 0 Å². The maximum Gasteiger partial charge on any atom is 0.275 e. The van der Waals surface area contributed by atoms with Crippen LogP contribution in [0.25, 0.3) is 10.8 Å². The number of benzene rings is 4. The van der Waals surface area contributed by atoms with Crippen molar-refractivity contribution in [2.75, 3.05) is 10.2 Å². The van der Waals surface area contributed by atoms with Gasteiger partial charge in [-0.2, -0.15) is 0 Å². The minimum absolute atomic E-state index is 0.0593. The second kappa shape index (κ2) is 8.33. The molecule has 0 aliphatic carbocycles. The minimum Gasteiger partial charge on any atom is -0.351 e. The van der Waals surface area contributed by atoms with Crippen molar-refractivity contribution in [3.8, 4) is 0 Å². The van der Waals surface area contributed by atoms with Crippen LogP contribution in [0.2, 0.25) is 0 Å². The summed E-state index contributed by atoms with van der Waals surface area (Å²) in [4.78, 5) is 15.4. The van der Waals surface area contributed by atoms with Gasteiger partial charge in [0, 0.05) is 20.3 Å². The highest BCUT2D eigenvalue weighted by atomic mass is 79.9. The van der Waals surface area contributed by atoms with Crippen molar-refractivity contribution in [3.63, 3.8) is 0 Å². The number of nitrogens with one attached hydrogen (secondary N) is 1. The molecule has 1 N–H and O–H groups in total. The number of fused-ring (bicyclic) bond motifs is 1. The number of carbonyl (C=O) groups is 1. The molecule has 31 heavy (non-hydrogen) atoms. The molecule has 5 heteroatoms. The van der Waals surface area contributed by atoms with Gasteiger partial charge in [-0.25, -0.2) is 0 Å². The lowest BCUT2D eigenvalue weighted by Crippen LogP contribution is -2.30. The van der Waals surface area contributed by atoms with Crippen LogP contribution in [0.1, 0.15) is 11.6 Å². The van der Waals surface area contributed by atoms with E-state index in [0.29, 0.717) is 5.70 Å². The van der Waals surface area contributed by atoms with Crippen molar-refractivity contribution in [2.24, 2.45) is 0 Å². The van der Waals surface area contributed by atoms with Crippen LogP contribution < -0.4 is 10.2 Å². The molecule has 0 bridgehead atoms. The zero-order chi connectivity index (χ0) is 21.4. The standard InChI is InChI=1S/C26H18Br2N2O/c27-18-8-4-10-20(14-18)29-24-16-25(23-13-3-7-17-6-1-2-12-22(17)23)30(26(24)31)21-11-5-9-19(28)15-21/h1-16,25,29H/t25-/m0/s1. The largest absolute Gasteiger partial charge is 0.351 e. The maximum atomic E-state index is 13.6. The first kappa shape index (κ1) is 20.0. The number of rotatable bonds is 4. The van der Waals surface area contributed by atoms with E-state index in [2.05, 4.69) is 67.5 Å². The van der Waals surface area contributed by atoms with Gasteiger partial charge < -0.3 is 5.32 Å². The van der Waals surface area contributed by atoms with Gasteiger partial charge in [-0.05, 0) is 58.8 Å². The summed E-state index contributed by atoms with van der Waals surface area (Å²) in [5, 5.41) is 5.62. The topological polar surface area (TPSA) is 32.3 Å². The summed E-state index contributed by atoms with van der Waals surface area (Å²) in [5.41, 5.74) is 3.37. The molecule has 1 amide bonds. The first-order valence-corrected chi connectivity index (χ1v) is 11.5. The molecule has 0 aromatic heterocycles. The van der Waals surface area contributed by atoms with Crippen molar-refractivity contribution in [1.29, 1.82) is 0 Å². The Bertz CT molecular complexity index is 1330. The van der Waals surface area contributed by atoms with E-state index in [4.69, 9.17) is 0 Å². The molecule has 5 rings (SSSR count). The fraction of sp³-hybridized carbons (Fsp3) is 0.0385. The maximum absolute atomic E-state index is 13.6. The fourth-order valence-electron chi connectivity index (χ4n) is 4.02. The van der Waals surface area contributed by atoms with E-state index in [-0.39, 0.29) is 11.9 Å². The Morgan fingerprint density at radius 3 is 2.29 bits per heavy atom. The van der Waals surface area contributed by atoms with Gasteiger partial charge in [-0.1, -0.05) is 86.5 Å². The molecule has 1 heterocycles. The first-order chi connectivity index (χ1) is 15.1. The number of nitrogens with zero attached hydrogens (tertiary/aromatic N) is 1. The minimum atomic E-state index is -0.220. The predicted molar refractivity (Wildman–Crippen MR) is 134 cm³/mol. The van der Waals surface area contributed by atoms with E-state index < -0.39 is 0 Å². The number of carbonyl (C=O) groups excluding carboxylic acids is 1. The Kier molecular flexibility index (Phi) is 5.38. The molecule has 4 aromatic carbocycles. The molecule has 0 unspecified atom stereocenters. The summed E-state index contributed by atoms with van der Waals surface area (Å²) in [6, 6.07) is 30.0. The van der Waals surface area contributed by atoms with E-state index in [1.807, 2.05) is 71.6 Å². The van der Waals surface area contributed by atoms with Crippen LogP contribution in [0.3, 0.4) is 0 Å². The monoisotopic (exact) mass is 532 g/mol. The molecule has 1 atom stereocenters. The SMILES string of the molecule is O=C1C(Nc2cccc(Br)c2)=C[C@@H](c2cccc3ccccc23)N1c1cccc(Br)c1. The molecule has 1 aliphatic heterocycles. The van der Waals surface area contributed by atoms with Gasteiger partial charge in [0.1, 0.15) is 5.70 Å². The van der Waals surface area contributed by atoms with E-state index in [9.17, 15) is 4.79 Å². The Morgan fingerprint density at radius 1 is 0.774 bits per heavy atom. The Hall–Kier alpha value is -2.89. The van der Waals surface area contributed by atoms with Crippen molar-refractivity contribution in [1.82, 2.24) is 0 Å². The summed E-state index contributed by atoms with van der Waals surface area (Å²) < 4.78 is 1.89. The van der Waals surface area contributed by atoms with Gasteiger partial charge >= 0.3 is 0 Å². The molecule has 152 valence electrons. The van der Waals surface area contributed by atoms with Crippen LogP contribution >= 0.6 is 31.9 Å². The summed E-state index contributed by atoms with van der Waals surface area (Å²) in [7, 11) is 0. The highest BCUT2D eigenvalue weighted by Gasteiger charge is 2.35. The third-order valence-corrected chi connectivity index (χ3v) is 6.37. The van der Waals surface area contributed by atoms with Gasteiger partial charge in [-0.15, -0.1) is 0 Å². The van der Waals surface area contributed by atoms with Crippen LogP contribution in [0.4, 0.5) is 11.4 Å². The molecule has 0 spiro atoms. The van der Waals surface area contributed by atoms with E-state index in [0.717, 1.165) is 36.7 Å². The van der Waals surface area contributed by atoms with Crippen molar-refractivity contribution in [3.05, 3.63) is 117 Å². The number of hydrogen-bond acceptors (Lipinski definition) is 2. The molecule has 1 aliphatic rings. The van der Waals surface area contributed by atoms with Crippen molar-refractivity contribution in [2.45, 2.75) is 6.04 Å². The van der Waals surface area contributed by atoms with Crippen LogP contribution in [-0.4, -0.2) is 5.91 Å². The van der Waals surface area contributed by atoms with Gasteiger partial charge in [-0.3, -0.25) is 9.69 Å². The van der Waals surface area contributed by atoms with Gasteiger partial charge in [0.15, 0.2) is 0 Å². The molecule has 0 saturated heterocycles. The zero-order valence-electron chi connectivity index (χ0n) is 16.4. The molecule has 3 nitrogen and oxygen atoms in total. The van der Waals surface area contributed by atoms with Gasteiger partial charge in [0.05, 0.1) is 6.04 Å². The normalized spacial score (nSPS) is 15.9. The van der Waals surface area contributed by atoms with E-state index in [1.54, 1.807) is 0 Å². The van der Waals surface area contributed by atoms with E-state index >= 15 is 0 Å². The third-order valence-electron chi connectivity index (χ3n) is 5.38. The smallest absolute Gasteiger partial charge is 0.275 e. The van der Waals surface area contributed by atoms with Crippen molar-refractivity contribution < 1.29 is 4.79 Å². The highest BCUT2D eigenvalue weighted by molar-refractivity contribution is 9.10. The lowest BCUT2D eigenvalue weighted by molar-refractivity contribution is -0.114. The lowest BCUT2D eigenvalue weighted by Gasteiger charge is -2.26. The number of amides is 1. The second-order valence-electron chi connectivity index (χ2n) is 7.38. The summed E-state index contributed by atoms with van der Waals surface area (Å²) >= 11 is 7.05.